The molecule has 0 radical (unpaired) electrons. The summed E-state index contributed by atoms with van der Waals surface area (Å²) in [6, 6.07) is 56.4. The van der Waals surface area contributed by atoms with Crippen LogP contribution in [0.5, 0.6) is 0 Å². The Morgan fingerprint density at radius 3 is 1.94 bits per heavy atom. The summed E-state index contributed by atoms with van der Waals surface area (Å²) in [5.41, 5.74) is 9.53. The zero-order chi connectivity index (χ0) is 31.1. The Hall–Kier alpha value is -6.15. The monoisotopic (exact) mass is 615 g/mol. The predicted octanol–water partition coefficient (Wildman–Crippen LogP) is 11.8. The van der Waals surface area contributed by atoms with Crippen LogP contribution in [0.2, 0.25) is 0 Å². The third kappa shape index (κ3) is 3.72. The van der Waals surface area contributed by atoms with Gasteiger partial charge in [0.25, 0.3) is 0 Å². The van der Waals surface area contributed by atoms with E-state index < -0.39 is 0 Å². The Labute approximate surface area is 274 Å². The average molecular weight is 616 g/mol. The molecule has 0 spiro atoms. The van der Waals surface area contributed by atoms with Crippen LogP contribution in [0.25, 0.3) is 86.3 Å². The Morgan fingerprint density at radius 2 is 1.17 bits per heavy atom. The highest BCUT2D eigenvalue weighted by Gasteiger charge is 2.20. The van der Waals surface area contributed by atoms with E-state index in [4.69, 9.17) is 0 Å². The smallest absolute Gasteiger partial charge is 0.0991 e. The summed E-state index contributed by atoms with van der Waals surface area (Å²) in [5, 5.41) is 17.6. The van der Waals surface area contributed by atoms with E-state index >= 15 is 0 Å². The molecule has 3 heterocycles. The zero-order valence-corrected chi connectivity index (χ0v) is 26.0. The lowest BCUT2D eigenvalue weighted by Crippen LogP contribution is -1.98. The second-order valence-corrected chi connectivity index (χ2v) is 13.1. The van der Waals surface area contributed by atoms with E-state index in [1.807, 2.05) is 23.5 Å². The van der Waals surface area contributed by atoms with Gasteiger partial charge in [-0.15, -0.1) is 11.3 Å². The highest BCUT2D eigenvalue weighted by molar-refractivity contribution is 7.26. The van der Waals surface area contributed by atoms with E-state index in [1.54, 1.807) is 0 Å². The quantitative estimate of drug-likeness (QED) is 0.195. The van der Waals surface area contributed by atoms with Gasteiger partial charge in [0.05, 0.1) is 39.4 Å². The Kier molecular flexibility index (Phi) is 5.51. The van der Waals surface area contributed by atoms with Gasteiger partial charge in [0.2, 0.25) is 0 Å². The molecule has 0 fully saturated rings. The second kappa shape index (κ2) is 9.92. The van der Waals surface area contributed by atoms with Crippen LogP contribution < -0.4 is 0 Å². The molecule has 47 heavy (non-hydrogen) atoms. The zero-order valence-electron chi connectivity index (χ0n) is 25.2. The van der Waals surface area contributed by atoms with Crippen LogP contribution in [0.1, 0.15) is 5.56 Å². The molecule has 4 heteroatoms. The van der Waals surface area contributed by atoms with Gasteiger partial charge in [0.1, 0.15) is 0 Å². The Morgan fingerprint density at radius 1 is 0.489 bits per heavy atom. The van der Waals surface area contributed by atoms with Gasteiger partial charge >= 0.3 is 0 Å². The van der Waals surface area contributed by atoms with Crippen molar-refractivity contribution in [3.8, 4) is 28.6 Å². The maximum absolute atomic E-state index is 10.0. The van der Waals surface area contributed by atoms with Crippen LogP contribution in [0.15, 0.2) is 152 Å². The predicted molar refractivity (Wildman–Crippen MR) is 198 cm³/mol. The molecular formula is C43H25N3S. The van der Waals surface area contributed by atoms with Gasteiger partial charge in [-0.2, -0.15) is 5.26 Å². The maximum atomic E-state index is 10.0. The molecule has 3 aromatic heterocycles. The third-order valence-corrected chi connectivity index (χ3v) is 10.7. The number of thiophene rings is 1. The normalized spacial score (nSPS) is 11.8. The van der Waals surface area contributed by atoms with Crippen molar-refractivity contribution in [2.75, 3.05) is 0 Å². The van der Waals surface area contributed by atoms with Gasteiger partial charge in [0.15, 0.2) is 0 Å². The van der Waals surface area contributed by atoms with Gasteiger partial charge < -0.3 is 9.13 Å². The second-order valence-electron chi connectivity index (χ2n) is 12.1. The molecule has 0 N–H and O–H groups in total. The van der Waals surface area contributed by atoms with Crippen molar-refractivity contribution in [1.29, 1.82) is 5.26 Å². The van der Waals surface area contributed by atoms with Crippen LogP contribution in [-0.2, 0) is 0 Å². The van der Waals surface area contributed by atoms with Crippen molar-refractivity contribution in [2.45, 2.75) is 0 Å². The van der Waals surface area contributed by atoms with Gasteiger partial charge in [-0.3, -0.25) is 0 Å². The van der Waals surface area contributed by atoms with Gasteiger partial charge in [-0.25, -0.2) is 0 Å². The standard InChI is InChI=1S/C43H25N3S/c44-26-27-18-22-38(46-36-15-7-4-12-30(36)31-13-5-8-16-37(31)46)35(24-27)28-19-20-34-40(25-28)45(29-10-2-1-3-11-29)39-23-21-33-32-14-6-9-17-41(32)47-43(33)42(34)39/h1-25H. The van der Waals surface area contributed by atoms with Crippen LogP contribution in [0, 0.1) is 11.3 Å². The minimum atomic E-state index is 0.639. The van der Waals surface area contributed by atoms with E-state index in [9.17, 15) is 5.26 Å². The summed E-state index contributed by atoms with van der Waals surface area (Å²) in [7, 11) is 0. The molecule has 10 aromatic rings. The summed E-state index contributed by atoms with van der Waals surface area (Å²) < 4.78 is 7.36. The number of nitriles is 1. The van der Waals surface area contributed by atoms with E-state index in [1.165, 1.54) is 47.2 Å². The number of benzene rings is 7. The first kappa shape index (κ1) is 26.1. The number of hydrogen-bond acceptors (Lipinski definition) is 2. The van der Waals surface area contributed by atoms with Gasteiger partial charge in [0, 0.05) is 53.0 Å². The SMILES string of the molecule is N#Cc1ccc(-n2c3ccccc3c3ccccc32)c(-c2ccc3c4c5sc6ccccc6c5ccc4n(-c4ccccc4)c3c2)c1. The number of hydrogen-bond donors (Lipinski definition) is 0. The molecule has 7 aromatic carbocycles. The summed E-state index contributed by atoms with van der Waals surface area (Å²) >= 11 is 1.87. The van der Waals surface area contributed by atoms with Crippen molar-refractivity contribution in [3.05, 3.63) is 157 Å². The molecule has 0 bridgehead atoms. The van der Waals surface area contributed by atoms with E-state index in [2.05, 4.69) is 155 Å². The molecular weight excluding hydrogens is 591 g/mol. The summed E-state index contributed by atoms with van der Waals surface area (Å²) in [4.78, 5) is 0. The first-order chi connectivity index (χ1) is 23.3. The number of nitrogens with zero attached hydrogens (tertiary/aromatic N) is 3. The van der Waals surface area contributed by atoms with Crippen LogP contribution in [0.4, 0.5) is 0 Å². The summed E-state index contributed by atoms with van der Waals surface area (Å²) in [6.45, 7) is 0. The number of aromatic nitrogens is 2. The van der Waals surface area contributed by atoms with Crippen molar-refractivity contribution in [2.24, 2.45) is 0 Å². The third-order valence-electron chi connectivity index (χ3n) is 9.55. The fourth-order valence-corrected chi connectivity index (χ4v) is 8.78. The van der Waals surface area contributed by atoms with Crippen LogP contribution >= 0.6 is 11.3 Å². The molecule has 0 amide bonds. The van der Waals surface area contributed by atoms with E-state index in [0.29, 0.717) is 5.56 Å². The Bertz CT molecular complexity index is 2860. The molecule has 0 atom stereocenters. The van der Waals surface area contributed by atoms with Crippen molar-refractivity contribution < 1.29 is 0 Å². The molecule has 0 unspecified atom stereocenters. The van der Waals surface area contributed by atoms with Gasteiger partial charge in [-0.05, 0) is 66.2 Å². The van der Waals surface area contributed by atoms with Crippen molar-refractivity contribution >= 4 is 75.1 Å². The van der Waals surface area contributed by atoms with Crippen LogP contribution in [-0.4, -0.2) is 9.13 Å². The molecule has 10 rings (SSSR count). The largest absolute Gasteiger partial charge is 0.309 e. The molecule has 0 aliphatic heterocycles. The molecule has 3 nitrogen and oxygen atoms in total. The molecule has 0 aliphatic carbocycles. The summed E-state index contributed by atoms with van der Waals surface area (Å²) in [6.07, 6.45) is 0. The lowest BCUT2D eigenvalue weighted by atomic mass is 9.99. The lowest BCUT2D eigenvalue weighted by molar-refractivity contribution is 1.17. The van der Waals surface area contributed by atoms with Gasteiger partial charge in [-0.1, -0.05) is 91.0 Å². The van der Waals surface area contributed by atoms with Crippen molar-refractivity contribution in [1.82, 2.24) is 9.13 Å². The molecule has 0 aliphatic rings. The number of rotatable bonds is 3. The average Bonchev–Trinajstić information content (AvgIpc) is 3.79. The first-order valence-electron chi connectivity index (χ1n) is 15.8. The fourth-order valence-electron chi connectivity index (χ4n) is 7.52. The summed E-state index contributed by atoms with van der Waals surface area (Å²) in [5.74, 6) is 0. The van der Waals surface area contributed by atoms with Crippen LogP contribution in [0.3, 0.4) is 0 Å². The first-order valence-corrected chi connectivity index (χ1v) is 16.6. The van der Waals surface area contributed by atoms with E-state index in [-0.39, 0.29) is 0 Å². The molecule has 0 saturated carbocycles. The topological polar surface area (TPSA) is 33.6 Å². The number of fused-ring (bicyclic) bond motifs is 10. The molecule has 0 saturated heterocycles. The maximum Gasteiger partial charge on any atom is 0.0991 e. The fraction of sp³-hybridized carbons (Fsp3) is 0. The van der Waals surface area contributed by atoms with Crippen molar-refractivity contribution in [3.63, 3.8) is 0 Å². The minimum Gasteiger partial charge on any atom is -0.309 e. The highest BCUT2D eigenvalue weighted by atomic mass is 32.1. The number of para-hydroxylation sites is 3. The molecule has 218 valence electrons. The van der Waals surface area contributed by atoms with E-state index in [0.717, 1.165) is 39.1 Å². The lowest BCUT2D eigenvalue weighted by Gasteiger charge is -2.15. The highest BCUT2D eigenvalue weighted by Crippen LogP contribution is 2.45. The Balaban J connectivity index is 1.31. The minimum absolute atomic E-state index is 0.639.